The predicted molar refractivity (Wildman–Crippen MR) is 115 cm³/mol. The molecule has 0 unspecified atom stereocenters. The van der Waals surface area contributed by atoms with Crippen LogP contribution in [0.2, 0.25) is 0 Å². The monoisotopic (exact) mass is 419 g/mol. The summed E-state index contributed by atoms with van der Waals surface area (Å²) in [5.74, 6) is -0.602. The highest BCUT2D eigenvalue weighted by molar-refractivity contribution is 6.04. The maximum absolute atomic E-state index is 12.6. The predicted octanol–water partition coefficient (Wildman–Crippen LogP) is 2.48. The van der Waals surface area contributed by atoms with E-state index in [1.165, 1.54) is 0 Å². The highest BCUT2D eigenvalue weighted by Gasteiger charge is 2.10. The average molecular weight is 419 g/mol. The summed E-state index contributed by atoms with van der Waals surface area (Å²) < 4.78 is 10.9. The maximum atomic E-state index is 12.6. The number of para-hydroxylation sites is 1. The van der Waals surface area contributed by atoms with Crippen LogP contribution < -0.4 is 26.3 Å². The van der Waals surface area contributed by atoms with Crippen molar-refractivity contribution in [1.29, 1.82) is 0 Å². The van der Waals surface area contributed by atoms with Crippen LogP contribution in [0.5, 0.6) is 11.5 Å². The summed E-state index contributed by atoms with van der Waals surface area (Å²) in [4.78, 5) is 34.8. The fourth-order valence-electron chi connectivity index (χ4n) is 2.75. The van der Waals surface area contributed by atoms with E-state index < -0.39 is 11.8 Å². The van der Waals surface area contributed by atoms with E-state index in [4.69, 9.17) is 20.9 Å². The second kappa shape index (κ2) is 9.93. The number of hydrogen-bond donors (Lipinski definition) is 3. The molecule has 0 aliphatic carbocycles. The van der Waals surface area contributed by atoms with Gasteiger partial charge in [0.1, 0.15) is 18.1 Å². The van der Waals surface area contributed by atoms with E-state index in [2.05, 4.69) is 5.32 Å². The smallest absolute Gasteiger partial charge is 0.255 e. The molecule has 0 radical (unpaired) electrons. The lowest BCUT2D eigenvalue weighted by Crippen LogP contribution is -2.20. The van der Waals surface area contributed by atoms with E-state index >= 15 is 0 Å². The lowest BCUT2D eigenvalue weighted by molar-refractivity contribution is -0.119. The van der Waals surface area contributed by atoms with Crippen molar-refractivity contribution in [1.82, 2.24) is 0 Å². The minimum atomic E-state index is -0.574. The molecule has 0 spiro atoms. The van der Waals surface area contributed by atoms with Crippen LogP contribution in [-0.4, -0.2) is 24.3 Å². The lowest BCUT2D eigenvalue weighted by Gasteiger charge is -2.11. The summed E-state index contributed by atoms with van der Waals surface area (Å²) >= 11 is 0. The highest BCUT2D eigenvalue weighted by atomic mass is 16.5. The first-order valence-electron chi connectivity index (χ1n) is 9.35. The number of hydrogen-bond acceptors (Lipinski definition) is 5. The minimum absolute atomic E-state index is 0.164. The molecular formula is C23H21N3O5. The van der Waals surface area contributed by atoms with Crippen LogP contribution >= 0.6 is 0 Å². The van der Waals surface area contributed by atoms with Gasteiger partial charge in [-0.3, -0.25) is 14.4 Å². The van der Waals surface area contributed by atoms with Gasteiger partial charge in [0.2, 0.25) is 0 Å². The van der Waals surface area contributed by atoms with Crippen LogP contribution in [0.3, 0.4) is 0 Å². The first kappa shape index (κ1) is 21.4. The van der Waals surface area contributed by atoms with Crippen molar-refractivity contribution < 1.29 is 23.9 Å². The summed E-state index contributed by atoms with van der Waals surface area (Å²) in [5, 5.41) is 2.79. The van der Waals surface area contributed by atoms with Gasteiger partial charge >= 0.3 is 0 Å². The van der Waals surface area contributed by atoms with Gasteiger partial charge in [0, 0.05) is 11.3 Å². The lowest BCUT2D eigenvalue weighted by atomic mass is 10.1. The molecule has 0 saturated heterocycles. The number of anilines is 1. The second-order valence-electron chi connectivity index (χ2n) is 6.58. The topological polar surface area (TPSA) is 134 Å². The maximum Gasteiger partial charge on any atom is 0.255 e. The Hall–Kier alpha value is -4.33. The van der Waals surface area contributed by atoms with Crippen molar-refractivity contribution in [3.8, 4) is 11.5 Å². The molecule has 0 saturated carbocycles. The number of nitrogens with one attached hydrogen (secondary N) is 1. The molecule has 0 atom stereocenters. The van der Waals surface area contributed by atoms with Crippen LogP contribution in [0, 0.1) is 0 Å². The summed E-state index contributed by atoms with van der Waals surface area (Å²) in [6, 6.07) is 20.2. The van der Waals surface area contributed by atoms with Crippen LogP contribution in [0.1, 0.15) is 26.3 Å². The molecule has 0 aromatic heterocycles. The summed E-state index contributed by atoms with van der Waals surface area (Å²) in [5.41, 5.74) is 12.4. The molecule has 8 heteroatoms. The van der Waals surface area contributed by atoms with Crippen molar-refractivity contribution in [2.24, 2.45) is 11.5 Å². The molecule has 3 aromatic carbocycles. The van der Waals surface area contributed by atoms with Gasteiger partial charge in [-0.2, -0.15) is 0 Å². The van der Waals surface area contributed by atoms with Gasteiger partial charge in [0.15, 0.2) is 6.61 Å². The molecule has 0 heterocycles. The van der Waals surface area contributed by atoms with Crippen LogP contribution in [0.4, 0.5) is 5.69 Å². The summed E-state index contributed by atoms with van der Waals surface area (Å²) in [6.45, 7) is -0.0538. The van der Waals surface area contributed by atoms with Crippen molar-refractivity contribution in [2.45, 2.75) is 6.61 Å². The van der Waals surface area contributed by atoms with E-state index in [1.807, 2.05) is 6.07 Å². The van der Waals surface area contributed by atoms with E-state index in [0.29, 0.717) is 28.3 Å². The van der Waals surface area contributed by atoms with Gasteiger partial charge in [0.05, 0.1) is 5.56 Å². The SMILES string of the molecule is NC(=O)COc1ccc(NC(=O)c2cccc(COc3ccccc3C(N)=O)c2)cc1. The number of rotatable bonds is 9. The molecule has 158 valence electrons. The van der Waals surface area contributed by atoms with Crippen LogP contribution in [0.15, 0.2) is 72.8 Å². The Balaban J connectivity index is 1.62. The van der Waals surface area contributed by atoms with E-state index in [0.717, 1.165) is 5.56 Å². The van der Waals surface area contributed by atoms with Gasteiger partial charge in [-0.05, 0) is 54.1 Å². The van der Waals surface area contributed by atoms with Crippen LogP contribution in [0.25, 0.3) is 0 Å². The normalized spacial score (nSPS) is 10.2. The van der Waals surface area contributed by atoms with Crippen molar-refractivity contribution in [3.05, 3.63) is 89.5 Å². The molecule has 3 rings (SSSR count). The Morgan fingerprint density at radius 2 is 1.58 bits per heavy atom. The summed E-state index contributed by atoms with van der Waals surface area (Å²) in [6.07, 6.45) is 0. The molecule has 31 heavy (non-hydrogen) atoms. The highest BCUT2D eigenvalue weighted by Crippen LogP contribution is 2.20. The Morgan fingerprint density at radius 3 is 2.29 bits per heavy atom. The number of carbonyl (C=O) groups excluding carboxylic acids is 3. The molecule has 3 aromatic rings. The molecule has 0 aliphatic rings. The molecule has 0 fully saturated rings. The fraction of sp³-hybridized carbons (Fsp3) is 0.0870. The third-order valence-electron chi connectivity index (χ3n) is 4.23. The number of ether oxygens (including phenoxy) is 2. The fourth-order valence-corrected chi connectivity index (χ4v) is 2.75. The molecular weight excluding hydrogens is 398 g/mol. The molecule has 0 bridgehead atoms. The second-order valence-corrected chi connectivity index (χ2v) is 6.58. The largest absolute Gasteiger partial charge is 0.488 e. The van der Waals surface area contributed by atoms with Gasteiger partial charge in [-0.15, -0.1) is 0 Å². The van der Waals surface area contributed by atoms with Gasteiger partial charge in [0.25, 0.3) is 17.7 Å². The Morgan fingerprint density at radius 1 is 0.839 bits per heavy atom. The molecule has 3 amide bonds. The number of carbonyl (C=O) groups is 3. The van der Waals surface area contributed by atoms with Gasteiger partial charge < -0.3 is 26.3 Å². The molecule has 8 nitrogen and oxygen atoms in total. The van der Waals surface area contributed by atoms with Gasteiger partial charge in [-0.25, -0.2) is 0 Å². The van der Waals surface area contributed by atoms with Crippen LogP contribution in [-0.2, 0) is 11.4 Å². The number of nitrogens with two attached hydrogens (primary N) is 2. The molecule has 0 aliphatic heterocycles. The zero-order chi connectivity index (χ0) is 22.2. The zero-order valence-corrected chi connectivity index (χ0v) is 16.5. The van der Waals surface area contributed by atoms with Crippen molar-refractivity contribution in [3.63, 3.8) is 0 Å². The average Bonchev–Trinajstić information content (AvgIpc) is 2.77. The quantitative estimate of drug-likeness (QED) is 0.490. The Labute approximate surface area is 178 Å². The third-order valence-corrected chi connectivity index (χ3v) is 4.23. The zero-order valence-electron chi connectivity index (χ0n) is 16.5. The van der Waals surface area contributed by atoms with E-state index in [9.17, 15) is 14.4 Å². The van der Waals surface area contributed by atoms with E-state index in [1.54, 1.807) is 66.7 Å². The third kappa shape index (κ3) is 6.07. The number of amides is 3. The first-order chi connectivity index (χ1) is 14.9. The first-order valence-corrected chi connectivity index (χ1v) is 9.35. The van der Waals surface area contributed by atoms with Crippen molar-refractivity contribution in [2.75, 3.05) is 11.9 Å². The van der Waals surface area contributed by atoms with Gasteiger partial charge in [-0.1, -0.05) is 24.3 Å². The van der Waals surface area contributed by atoms with E-state index in [-0.39, 0.29) is 19.1 Å². The summed E-state index contributed by atoms with van der Waals surface area (Å²) in [7, 11) is 0. The number of primary amides is 2. The van der Waals surface area contributed by atoms with Crippen molar-refractivity contribution >= 4 is 23.4 Å². The Kier molecular flexibility index (Phi) is 6.85. The molecule has 5 N–H and O–H groups in total. The minimum Gasteiger partial charge on any atom is -0.488 e. The number of benzene rings is 3. The standard InChI is InChI=1S/C23H21N3O5/c24-21(27)14-30-18-10-8-17(9-11-18)26-23(29)16-5-3-4-15(12-16)13-31-20-7-2-1-6-19(20)22(25)28/h1-12H,13-14H2,(H2,24,27)(H2,25,28)(H,26,29). The Bertz CT molecular complexity index is 1100.